The topological polar surface area (TPSA) is 18.5 Å². The van der Waals surface area contributed by atoms with Gasteiger partial charge in [-0.25, -0.2) is 0 Å². The summed E-state index contributed by atoms with van der Waals surface area (Å²) in [7, 11) is -2.31. The average molecular weight is 365 g/mol. The molecule has 0 N–H and O–H groups in total. The van der Waals surface area contributed by atoms with Crippen molar-refractivity contribution < 1.29 is 8.85 Å². The van der Waals surface area contributed by atoms with Gasteiger partial charge in [0, 0.05) is 22.3 Å². The lowest BCUT2D eigenvalue weighted by Gasteiger charge is -2.55. The van der Waals surface area contributed by atoms with Gasteiger partial charge in [0.05, 0.1) is 0 Å². The quantitative estimate of drug-likeness (QED) is 0.445. The lowest BCUT2D eigenvalue weighted by atomic mass is 9.99. The van der Waals surface area contributed by atoms with Crippen LogP contribution in [-0.2, 0) is 8.85 Å². The first-order valence-corrected chi connectivity index (χ1v) is 13.2. The fraction of sp³-hybridized carbons (Fsp3) is 1.00. The van der Waals surface area contributed by atoms with Crippen molar-refractivity contribution in [2.75, 3.05) is 0 Å². The summed E-state index contributed by atoms with van der Waals surface area (Å²) >= 11 is 0. The van der Waals surface area contributed by atoms with Crippen LogP contribution in [0.25, 0.3) is 0 Å². The van der Waals surface area contributed by atoms with Crippen LogP contribution >= 0.6 is 0 Å². The van der Waals surface area contributed by atoms with Crippen LogP contribution in [0.2, 0.25) is 10.1 Å². The zero-order valence-corrected chi connectivity index (χ0v) is 18.1. The summed E-state index contributed by atoms with van der Waals surface area (Å²) in [5.74, 6) is 1.95. The molecule has 0 aromatic heterocycles. The van der Waals surface area contributed by atoms with Crippen molar-refractivity contribution in [1.82, 2.24) is 0 Å². The number of fused-ring (bicyclic) bond motifs is 4. The van der Waals surface area contributed by atoms with Crippen LogP contribution < -0.4 is 0 Å². The van der Waals surface area contributed by atoms with E-state index in [4.69, 9.17) is 8.85 Å². The van der Waals surface area contributed by atoms with E-state index in [-0.39, 0.29) is 0 Å². The van der Waals surface area contributed by atoms with E-state index in [0.29, 0.717) is 22.3 Å². The minimum absolute atomic E-state index is 0.360. The molecule has 0 heterocycles. The van der Waals surface area contributed by atoms with Crippen LogP contribution in [0.15, 0.2) is 0 Å². The molecule has 4 aliphatic rings. The van der Waals surface area contributed by atoms with Crippen molar-refractivity contribution in [2.24, 2.45) is 11.8 Å². The maximum Gasteiger partial charge on any atom is 0.351 e. The van der Waals surface area contributed by atoms with Crippen LogP contribution in [0.5, 0.6) is 0 Å². The molecule has 2 nitrogen and oxygen atoms in total. The Labute approximate surface area is 156 Å². The van der Waals surface area contributed by atoms with Gasteiger partial charge >= 0.3 is 8.56 Å². The minimum atomic E-state index is -2.31. The first-order chi connectivity index (χ1) is 12.0. The maximum atomic E-state index is 7.29. The first-order valence-electron chi connectivity index (χ1n) is 11.3. The number of rotatable bonds is 8. The maximum absolute atomic E-state index is 7.29. The molecule has 0 aromatic rings. The smallest absolute Gasteiger partial charge is 0.351 e. The van der Waals surface area contributed by atoms with Gasteiger partial charge in [-0.1, -0.05) is 39.5 Å². The van der Waals surface area contributed by atoms with Gasteiger partial charge in [-0.2, -0.15) is 0 Å². The molecule has 2 unspecified atom stereocenters. The molecule has 25 heavy (non-hydrogen) atoms. The highest BCUT2D eigenvalue weighted by molar-refractivity contribution is 6.74. The molecule has 4 saturated carbocycles. The van der Waals surface area contributed by atoms with Crippen molar-refractivity contribution in [3.05, 3.63) is 0 Å². The predicted octanol–water partition coefficient (Wildman–Crippen LogP) is 6.73. The van der Waals surface area contributed by atoms with Gasteiger partial charge in [-0.3, -0.25) is 0 Å². The Balaban J connectivity index is 1.79. The van der Waals surface area contributed by atoms with Crippen molar-refractivity contribution in [2.45, 2.75) is 127 Å². The second-order valence-corrected chi connectivity index (χ2v) is 14.0. The summed E-state index contributed by atoms with van der Waals surface area (Å²) in [6, 6.07) is 0. The van der Waals surface area contributed by atoms with Crippen molar-refractivity contribution in [3.63, 3.8) is 0 Å². The van der Waals surface area contributed by atoms with Crippen LogP contribution in [0.1, 0.15) is 105 Å². The fourth-order valence-corrected chi connectivity index (χ4v) is 13.8. The van der Waals surface area contributed by atoms with Crippen molar-refractivity contribution in [1.29, 1.82) is 0 Å². The first kappa shape index (κ1) is 18.5. The molecule has 3 heteroatoms. The zero-order chi connectivity index (χ0) is 17.7. The molecule has 0 aliphatic heterocycles. The second kappa shape index (κ2) is 6.63. The molecule has 0 amide bonds. The standard InChI is InChI=1S/C22H40O2Si/c1-5-17(3)23-25(24-18(4)6-2,21-11-7-19(15-21)8-12-21)22-13-9-20(16-22)10-14-22/h17-20H,5-16H2,1-4H3. The van der Waals surface area contributed by atoms with Gasteiger partial charge in [0.1, 0.15) is 0 Å². The molecule has 4 fully saturated rings. The molecular formula is C22H40O2Si. The molecule has 0 aromatic carbocycles. The second-order valence-electron chi connectivity index (χ2n) is 10.1. The lowest BCUT2D eigenvalue weighted by molar-refractivity contribution is 0.0450. The monoisotopic (exact) mass is 364 g/mol. The SMILES string of the molecule is CCC(C)O[Si](OC(C)CC)(C12CCC(CC1)C2)C12CCC(CC1)C2. The van der Waals surface area contributed by atoms with E-state index in [1.807, 2.05) is 0 Å². The van der Waals surface area contributed by atoms with Gasteiger partial charge in [0.2, 0.25) is 0 Å². The fourth-order valence-electron chi connectivity index (χ4n) is 7.13. The largest absolute Gasteiger partial charge is 0.391 e. The third-order valence-electron chi connectivity index (χ3n) is 8.76. The highest BCUT2D eigenvalue weighted by Gasteiger charge is 2.74. The molecule has 4 rings (SSSR count). The Morgan fingerprint density at radius 1 is 0.760 bits per heavy atom. The van der Waals surface area contributed by atoms with Gasteiger partial charge in [-0.15, -0.1) is 0 Å². The molecule has 144 valence electrons. The Kier molecular flexibility index (Phi) is 4.91. The molecule has 4 bridgehead atoms. The Bertz CT molecular complexity index is 430. The van der Waals surface area contributed by atoms with Gasteiger partial charge in [0.15, 0.2) is 0 Å². The summed E-state index contributed by atoms with van der Waals surface area (Å²) in [5.41, 5.74) is 0. The molecule has 2 atom stereocenters. The molecule has 0 spiro atoms. The Morgan fingerprint density at radius 2 is 1.12 bits per heavy atom. The van der Waals surface area contributed by atoms with E-state index in [9.17, 15) is 0 Å². The van der Waals surface area contributed by atoms with Crippen molar-refractivity contribution in [3.8, 4) is 0 Å². The van der Waals surface area contributed by atoms with E-state index >= 15 is 0 Å². The number of hydrogen-bond donors (Lipinski definition) is 0. The van der Waals surface area contributed by atoms with Gasteiger partial charge in [0.25, 0.3) is 0 Å². The van der Waals surface area contributed by atoms with Crippen LogP contribution in [0.4, 0.5) is 0 Å². The van der Waals surface area contributed by atoms with Crippen LogP contribution in [-0.4, -0.2) is 20.8 Å². The summed E-state index contributed by atoms with van der Waals surface area (Å²) in [4.78, 5) is 0. The predicted molar refractivity (Wildman–Crippen MR) is 106 cm³/mol. The highest BCUT2D eigenvalue weighted by Crippen LogP contribution is 2.76. The van der Waals surface area contributed by atoms with E-state index in [1.54, 1.807) is 0 Å². The normalized spacial score (nSPS) is 44.2. The average Bonchev–Trinajstić information content (AvgIpc) is 3.41. The summed E-state index contributed by atoms with van der Waals surface area (Å²) in [5, 5.41) is 0.869. The number of hydrogen-bond acceptors (Lipinski definition) is 2. The van der Waals surface area contributed by atoms with E-state index in [2.05, 4.69) is 27.7 Å². The van der Waals surface area contributed by atoms with Gasteiger partial charge < -0.3 is 8.85 Å². The molecule has 4 aliphatic carbocycles. The zero-order valence-electron chi connectivity index (χ0n) is 17.1. The summed E-state index contributed by atoms with van der Waals surface area (Å²) in [6.45, 7) is 9.22. The highest BCUT2D eigenvalue weighted by atomic mass is 28.4. The molecular weight excluding hydrogens is 324 g/mol. The van der Waals surface area contributed by atoms with Crippen LogP contribution in [0, 0.1) is 11.8 Å². The molecule has 0 radical (unpaired) electrons. The van der Waals surface area contributed by atoms with E-state index in [1.165, 1.54) is 64.2 Å². The van der Waals surface area contributed by atoms with Gasteiger partial charge in [-0.05, 0) is 77.0 Å². The third kappa shape index (κ3) is 2.70. The molecule has 0 saturated heterocycles. The minimum Gasteiger partial charge on any atom is -0.391 e. The third-order valence-corrected chi connectivity index (χ3v) is 14.4. The van der Waals surface area contributed by atoms with E-state index < -0.39 is 8.56 Å². The van der Waals surface area contributed by atoms with Crippen LogP contribution in [0.3, 0.4) is 0 Å². The Morgan fingerprint density at radius 3 is 1.36 bits per heavy atom. The van der Waals surface area contributed by atoms with E-state index in [0.717, 1.165) is 24.7 Å². The summed E-state index contributed by atoms with van der Waals surface area (Å²) < 4.78 is 14.6. The lowest BCUT2D eigenvalue weighted by Crippen LogP contribution is -2.62. The Hall–Kier alpha value is 0.137. The van der Waals surface area contributed by atoms with Crippen molar-refractivity contribution >= 4 is 8.56 Å². The summed E-state index contributed by atoms with van der Waals surface area (Å²) in [6.07, 6.45) is 17.2.